The van der Waals surface area contributed by atoms with Gasteiger partial charge in [0.15, 0.2) is 0 Å². The van der Waals surface area contributed by atoms with E-state index in [-0.39, 0.29) is 11.8 Å². The summed E-state index contributed by atoms with van der Waals surface area (Å²) in [6.45, 7) is 3.46. The lowest BCUT2D eigenvalue weighted by molar-refractivity contribution is -0.119. The Morgan fingerprint density at radius 1 is 1.36 bits per heavy atom. The van der Waals surface area contributed by atoms with Crippen molar-refractivity contribution in [3.8, 4) is 0 Å². The molecule has 0 saturated heterocycles. The first kappa shape index (κ1) is 13.8. The predicted octanol–water partition coefficient (Wildman–Crippen LogP) is 3.62. The van der Waals surface area contributed by atoms with Gasteiger partial charge >= 0.3 is 0 Å². The molecule has 2 aliphatic rings. The van der Waals surface area contributed by atoms with Crippen LogP contribution < -0.4 is 10.2 Å². The average Bonchev–Trinajstić information content (AvgIpc) is 3.28. The SMILES string of the molecule is CC1CN(Cc2csc(C3CC3)n2)c2ccccc2NC1=O. The number of nitrogens with zero attached hydrogens (tertiary/aromatic N) is 2. The van der Waals surface area contributed by atoms with Crippen molar-refractivity contribution in [2.75, 3.05) is 16.8 Å². The first-order chi connectivity index (χ1) is 10.7. The maximum absolute atomic E-state index is 12.1. The Kier molecular flexibility index (Phi) is 3.37. The van der Waals surface area contributed by atoms with Crippen LogP contribution in [0.1, 0.15) is 36.4 Å². The van der Waals surface area contributed by atoms with Gasteiger partial charge in [-0.1, -0.05) is 19.1 Å². The topological polar surface area (TPSA) is 45.2 Å². The first-order valence-electron chi connectivity index (χ1n) is 7.80. The number of nitrogens with one attached hydrogen (secondary N) is 1. The molecule has 2 heterocycles. The van der Waals surface area contributed by atoms with Gasteiger partial charge in [0.2, 0.25) is 5.91 Å². The number of thiazole rings is 1. The van der Waals surface area contributed by atoms with E-state index in [9.17, 15) is 4.79 Å². The molecule has 0 bridgehead atoms. The molecular weight excluding hydrogens is 294 g/mol. The number of para-hydroxylation sites is 2. The van der Waals surface area contributed by atoms with Crippen molar-refractivity contribution in [2.24, 2.45) is 5.92 Å². The number of fused-ring (bicyclic) bond motifs is 1. The van der Waals surface area contributed by atoms with Gasteiger partial charge in [-0.15, -0.1) is 11.3 Å². The number of aromatic nitrogens is 1. The fourth-order valence-corrected chi connectivity index (χ4v) is 3.86. The summed E-state index contributed by atoms with van der Waals surface area (Å²) >= 11 is 1.78. The third kappa shape index (κ3) is 2.61. The average molecular weight is 313 g/mol. The molecule has 1 fully saturated rings. The molecule has 1 saturated carbocycles. The monoisotopic (exact) mass is 313 g/mol. The zero-order valence-electron chi connectivity index (χ0n) is 12.6. The van der Waals surface area contributed by atoms with Crippen molar-refractivity contribution in [2.45, 2.75) is 32.2 Å². The van der Waals surface area contributed by atoms with E-state index in [1.54, 1.807) is 11.3 Å². The van der Waals surface area contributed by atoms with Crippen LogP contribution in [-0.4, -0.2) is 17.4 Å². The van der Waals surface area contributed by atoms with Gasteiger partial charge in [0, 0.05) is 17.8 Å². The third-order valence-corrected chi connectivity index (χ3v) is 5.35. The summed E-state index contributed by atoms with van der Waals surface area (Å²) in [5, 5.41) is 6.47. The van der Waals surface area contributed by atoms with E-state index in [0.717, 1.165) is 30.2 Å². The van der Waals surface area contributed by atoms with E-state index >= 15 is 0 Å². The van der Waals surface area contributed by atoms with Gasteiger partial charge in [0.25, 0.3) is 0 Å². The fourth-order valence-electron chi connectivity index (χ4n) is 2.88. The second-order valence-corrected chi connectivity index (χ2v) is 7.13. The largest absolute Gasteiger partial charge is 0.363 e. The maximum atomic E-state index is 12.1. The molecule has 5 heteroatoms. The molecule has 1 aliphatic carbocycles. The van der Waals surface area contributed by atoms with Crippen LogP contribution >= 0.6 is 11.3 Å². The molecule has 4 rings (SSSR count). The Morgan fingerprint density at radius 3 is 3.00 bits per heavy atom. The Labute approximate surface area is 134 Å². The lowest BCUT2D eigenvalue weighted by Gasteiger charge is -2.24. The molecule has 114 valence electrons. The van der Waals surface area contributed by atoms with Crippen molar-refractivity contribution in [1.82, 2.24) is 4.98 Å². The molecule has 1 aromatic carbocycles. The zero-order chi connectivity index (χ0) is 15.1. The molecule has 0 spiro atoms. The van der Waals surface area contributed by atoms with Crippen LogP contribution in [0, 0.1) is 5.92 Å². The lowest BCUT2D eigenvalue weighted by atomic mass is 10.1. The van der Waals surface area contributed by atoms with Gasteiger partial charge in [0.1, 0.15) is 0 Å². The standard InChI is InChI=1S/C17H19N3OS/c1-11-8-20(9-13-10-22-17(18-13)12-6-7-12)15-5-3-2-4-14(15)19-16(11)21/h2-5,10-12H,6-9H2,1H3,(H,19,21). The summed E-state index contributed by atoms with van der Waals surface area (Å²) in [4.78, 5) is 19.2. The van der Waals surface area contributed by atoms with E-state index in [2.05, 4.69) is 21.7 Å². The van der Waals surface area contributed by atoms with Gasteiger partial charge in [0.05, 0.1) is 34.5 Å². The summed E-state index contributed by atoms with van der Waals surface area (Å²) in [7, 11) is 0. The van der Waals surface area contributed by atoms with E-state index in [1.165, 1.54) is 17.8 Å². The van der Waals surface area contributed by atoms with Crippen molar-refractivity contribution < 1.29 is 4.79 Å². The van der Waals surface area contributed by atoms with Crippen LogP contribution in [0.25, 0.3) is 0 Å². The highest BCUT2D eigenvalue weighted by molar-refractivity contribution is 7.09. The summed E-state index contributed by atoms with van der Waals surface area (Å²) in [5.74, 6) is 0.762. The van der Waals surface area contributed by atoms with E-state index in [4.69, 9.17) is 4.98 Å². The van der Waals surface area contributed by atoms with Crippen LogP contribution in [-0.2, 0) is 11.3 Å². The second kappa shape index (κ2) is 5.39. The minimum atomic E-state index is -0.0334. The molecule has 0 radical (unpaired) electrons. The summed E-state index contributed by atoms with van der Waals surface area (Å²) in [6.07, 6.45) is 2.57. The molecular formula is C17H19N3OS. The van der Waals surface area contributed by atoms with Crippen molar-refractivity contribution >= 4 is 28.6 Å². The molecule has 1 atom stereocenters. The Morgan fingerprint density at radius 2 is 2.18 bits per heavy atom. The van der Waals surface area contributed by atoms with E-state index < -0.39 is 0 Å². The van der Waals surface area contributed by atoms with Crippen molar-refractivity contribution in [3.63, 3.8) is 0 Å². The molecule has 1 N–H and O–H groups in total. The Balaban J connectivity index is 1.62. The second-order valence-electron chi connectivity index (χ2n) is 6.24. The first-order valence-corrected chi connectivity index (χ1v) is 8.68. The van der Waals surface area contributed by atoms with Crippen LogP contribution in [0.15, 0.2) is 29.6 Å². The number of anilines is 2. The number of hydrogen-bond donors (Lipinski definition) is 1. The number of amides is 1. The summed E-state index contributed by atoms with van der Waals surface area (Å²) < 4.78 is 0. The molecule has 4 nitrogen and oxygen atoms in total. The predicted molar refractivity (Wildman–Crippen MR) is 89.4 cm³/mol. The fraction of sp³-hybridized carbons (Fsp3) is 0.412. The van der Waals surface area contributed by atoms with Gasteiger partial charge in [-0.05, 0) is 25.0 Å². The number of benzene rings is 1. The minimum absolute atomic E-state index is 0.0334. The van der Waals surface area contributed by atoms with Crippen LogP contribution in [0.3, 0.4) is 0 Å². The van der Waals surface area contributed by atoms with Gasteiger partial charge in [-0.3, -0.25) is 4.79 Å². The molecule has 1 aromatic heterocycles. The van der Waals surface area contributed by atoms with Crippen molar-refractivity contribution in [3.05, 3.63) is 40.3 Å². The summed E-state index contributed by atoms with van der Waals surface area (Å²) in [6, 6.07) is 8.02. The number of rotatable bonds is 3. The van der Waals surface area contributed by atoms with Gasteiger partial charge in [-0.25, -0.2) is 4.98 Å². The number of carbonyl (C=O) groups is 1. The zero-order valence-corrected chi connectivity index (χ0v) is 13.4. The van der Waals surface area contributed by atoms with Crippen LogP contribution in [0.2, 0.25) is 0 Å². The highest BCUT2D eigenvalue weighted by atomic mass is 32.1. The van der Waals surface area contributed by atoms with E-state index in [1.807, 2.05) is 25.1 Å². The molecule has 22 heavy (non-hydrogen) atoms. The van der Waals surface area contributed by atoms with Crippen LogP contribution in [0.4, 0.5) is 11.4 Å². The van der Waals surface area contributed by atoms with Crippen molar-refractivity contribution in [1.29, 1.82) is 0 Å². The van der Waals surface area contributed by atoms with E-state index in [0.29, 0.717) is 5.92 Å². The third-order valence-electron chi connectivity index (χ3n) is 4.29. The molecule has 1 unspecified atom stereocenters. The number of hydrogen-bond acceptors (Lipinski definition) is 4. The molecule has 2 aromatic rings. The maximum Gasteiger partial charge on any atom is 0.229 e. The number of carbonyl (C=O) groups excluding carboxylic acids is 1. The molecule has 1 amide bonds. The highest BCUT2D eigenvalue weighted by Crippen LogP contribution is 2.41. The lowest BCUT2D eigenvalue weighted by Crippen LogP contribution is -2.30. The van der Waals surface area contributed by atoms with Gasteiger partial charge in [-0.2, -0.15) is 0 Å². The van der Waals surface area contributed by atoms with Gasteiger partial charge < -0.3 is 10.2 Å². The Bertz CT molecular complexity index is 707. The van der Waals surface area contributed by atoms with Crippen LogP contribution in [0.5, 0.6) is 0 Å². The highest BCUT2D eigenvalue weighted by Gasteiger charge is 2.28. The quantitative estimate of drug-likeness (QED) is 0.941. The Hall–Kier alpha value is -1.88. The smallest absolute Gasteiger partial charge is 0.229 e. The molecule has 1 aliphatic heterocycles. The normalized spacial score (nSPS) is 21.2. The minimum Gasteiger partial charge on any atom is -0.363 e. The summed E-state index contributed by atoms with van der Waals surface area (Å²) in [5.41, 5.74) is 3.10.